The van der Waals surface area contributed by atoms with Gasteiger partial charge < -0.3 is 20.3 Å². The highest BCUT2D eigenvalue weighted by Crippen LogP contribution is 2.28. The van der Waals surface area contributed by atoms with E-state index in [1.165, 1.54) is 0 Å². The Balaban J connectivity index is 2.08. The van der Waals surface area contributed by atoms with Gasteiger partial charge >= 0.3 is 0 Å². The molecule has 0 aromatic heterocycles. The lowest BCUT2D eigenvalue weighted by Crippen LogP contribution is -2.35. The Morgan fingerprint density at radius 1 is 1.36 bits per heavy atom. The van der Waals surface area contributed by atoms with Gasteiger partial charge in [0.05, 0.1) is 12.0 Å². The van der Waals surface area contributed by atoms with Gasteiger partial charge in [0, 0.05) is 32.6 Å². The van der Waals surface area contributed by atoms with Crippen molar-refractivity contribution in [3.8, 4) is 5.75 Å². The van der Waals surface area contributed by atoms with E-state index >= 15 is 0 Å². The van der Waals surface area contributed by atoms with Crippen LogP contribution < -0.4 is 15.4 Å². The Morgan fingerprint density at radius 3 is 2.68 bits per heavy atom. The second-order valence-electron chi connectivity index (χ2n) is 6.14. The van der Waals surface area contributed by atoms with Crippen molar-refractivity contribution in [3.05, 3.63) is 29.8 Å². The van der Waals surface area contributed by atoms with Crippen molar-refractivity contribution in [3.63, 3.8) is 0 Å². The number of hydrogen-bond acceptors (Lipinski definition) is 4. The number of amides is 3. The molecule has 136 valence electrons. The monoisotopic (exact) mass is 347 g/mol. The highest BCUT2D eigenvalue weighted by molar-refractivity contribution is 5.89. The topological polar surface area (TPSA) is 87.7 Å². The highest BCUT2D eigenvalue weighted by atomic mass is 16.5. The van der Waals surface area contributed by atoms with Crippen LogP contribution in [0.25, 0.3) is 0 Å². The summed E-state index contributed by atoms with van der Waals surface area (Å²) in [6.45, 7) is 2.32. The molecule has 0 bridgehead atoms. The van der Waals surface area contributed by atoms with Crippen LogP contribution in [-0.4, -0.2) is 49.9 Å². The van der Waals surface area contributed by atoms with Crippen molar-refractivity contribution in [2.24, 2.45) is 5.92 Å². The number of rotatable bonds is 7. The van der Waals surface area contributed by atoms with E-state index in [1.807, 2.05) is 25.1 Å². The molecule has 25 heavy (non-hydrogen) atoms. The van der Waals surface area contributed by atoms with E-state index in [0.29, 0.717) is 18.7 Å². The van der Waals surface area contributed by atoms with E-state index in [-0.39, 0.29) is 42.7 Å². The predicted octanol–water partition coefficient (Wildman–Crippen LogP) is 0.857. The van der Waals surface area contributed by atoms with Gasteiger partial charge in [-0.15, -0.1) is 0 Å². The Hall–Kier alpha value is -2.57. The summed E-state index contributed by atoms with van der Waals surface area (Å²) in [6, 6.07) is 7.10. The smallest absolute Gasteiger partial charge is 0.257 e. The first-order chi connectivity index (χ1) is 12.0. The van der Waals surface area contributed by atoms with Crippen LogP contribution in [0.5, 0.6) is 5.75 Å². The number of nitrogens with one attached hydrogen (secondary N) is 2. The standard InChI is InChI=1S/C18H25N3O4/c1-4-14(20-18(24)12-9-17(23)21(3)10-12)13-7-5-6-8-15(13)25-11-16(22)19-2/h5-8,12,14H,4,9-11H2,1-3H3,(H,19,22)(H,20,24)/t12-,14+/m1/s1. The van der Waals surface area contributed by atoms with Crippen molar-refractivity contribution < 1.29 is 19.1 Å². The molecule has 0 unspecified atom stereocenters. The average molecular weight is 347 g/mol. The number of hydrogen-bond donors (Lipinski definition) is 2. The fraction of sp³-hybridized carbons (Fsp3) is 0.500. The van der Waals surface area contributed by atoms with Gasteiger partial charge in [0.25, 0.3) is 5.91 Å². The van der Waals surface area contributed by atoms with Crippen LogP contribution in [0.15, 0.2) is 24.3 Å². The maximum Gasteiger partial charge on any atom is 0.257 e. The van der Waals surface area contributed by atoms with E-state index < -0.39 is 0 Å². The van der Waals surface area contributed by atoms with Gasteiger partial charge in [0.2, 0.25) is 11.8 Å². The third-order valence-electron chi connectivity index (χ3n) is 4.37. The number of benzene rings is 1. The lowest BCUT2D eigenvalue weighted by molar-refractivity contribution is -0.128. The molecule has 1 heterocycles. The first-order valence-corrected chi connectivity index (χ1v) is 8.42. The molecule has 1 saturated heterocycles. The average Bonchev–Trinajstić information content (AvgIpc) is 2.96. The third-order valence-corrected chi connectivity index (χ3v) is 4.37. The maximum atomic E-state index is 12.5. The van der Waals surface area contributed by atoms with Crippen molar-refractivity contribution >= 4 is 17.7 Å². The van der Waals surface area contributed by atoms with Gasteiger partial charge in [-0.25, -0.2) is 0 Å². The summed E-state index contributed by atoms with van der Waals surface area (Å²) in [7, 11) is 3.25. The second kappa shape index (κ2) is 8.50. The van der Waals surface area contributed by atoms with Gasteiger partial charge in [-0.3, -0.25) is 14.4 Å². The van der Waals surface area contributed by atoms with E-state index in [4.69, 9.17) is 4.74 Å². The Morgan fingerprint density at radius 2 is 2.08 bits per heavy atom. The molecule has 1 aliphatic rings. The zero-order chi connectivity index (χ0) is 18.4. The minimum Gasteiger partial charge on any atom is -0.483 e. The van der Waals surface area contributed by atoms with E-state index in [2.05, 4.69) is 10.6 Å². The lowest BCUT2D eigenvalue weighted by atomic mass is 10.0. The van der Waals surface area contributed by atoms with Gasteiger partial charge in [0.1, 0.15) is 5.75 Å². The lowest BCUT2D eigenvalue weighted by Gasteiger charge is -2.22. The molecule has 3 amide bonds. The molecule has 1 aromatic carbocycles. The fourth-order valence-corrected chi connectivity index (χ4v) is 2.84. The molecular formula is C18H25N3O4. The first kappa shape index (κ1) is 18.8. The molecule has 0 aliphatic carbocycles. The van der Waals surface area contributed by atoms with E-state index in [1.54, 1.807) is 25.1 Å². The van der Waals surface area contributed by atoms with Crippen LogP contribution in [0.4, 0.5) is 0 Å². The molecule has 2 N–H and O–H groups in total. The molecule has 1 aliphatic heterocycles. The molecule has 2 atom stereocenters. The molecule has 0 saturated carbocycles. The minimum atomic E-state index is -0.328. The number of nitrogens with zero attached hydrogens (tertiary/aromatic N) is 1. The van der Waals surface area contributed by atoms with Crippen LogP contribution in [0.1, 0.15) is 31.4 Å². The summed E-state index contributed by atoms with van der Waals surface area (Å²) >= 11 is 0. The zero-order valence-electron chi connectivity index (χ0n) is 14.9. The molecule has 7 nitrogen and oxygen atoms in total. The van der Waals surface area contributed by atoms with Crippen LogP contribution >= 0.6 is 0 Å². The molecule has 1 aromatic rings. The normalized spacial score (nSPS) is 18.0. The van der Waals surface area contributed by atoms with Crippen molar-refractivity contribution in [2.75, 3.05) is 27.2 Å². The predicted molar refractivity (Wildman–Crippen MR) is 92.9 cm³/mol. The minimum absolute atomic E-state index is 0.0116. The van der Waals surface area contributed by atoms with Crippen molar-refractivity contribution in [2.45, 2.75) is 25.8 Å². The highest BCUT2D eigenvalue weighted by Gasteiger charge is 2.33. The SMILES string of the molecule is CC[C@H](NC(=O)[C@@H]1CC(=O)N(C)C1)c1ccccc1OCC(=O)NC. The van der Waals surface area contributed by atoms with Crippen molar-refractivity contribution in [1.29, 1.82) is 0 Å². The summed E-state index contributed by atoms with van der Waals surface area (Å²) in [5, 5.41) is 5.51. The molecule has 0 spiro atoms. The Labute approximate surface area is 147 Å². The van der Waals surface area contributed by atoms with E-state index in [9.17, 15) is 14.4 Å². The molecular weight excluding hydrogens is 322 g/mol. The van der Waals surface area contributed by atoms with Crippen molar-refractivity contribution in [1.82, 2.24) is 15.5 Å². The third kappa shape index (κ3) is 4.71. The van der Waals surface area contributed by atoms with Gasteiger partial charge in [0.15, 0.2) is 6.61 Å². The number of ether oxygens (including phenoxy) is 1. The Bertz CT molecular complexity index is 647. The van der Waals surface area contributed by atoms with Crippen LogP contribution in [-0.2, 0) is 14.4 Å². The van der Waals surface area contributed by atoms with E-state index in [0.717, 1.165) is 5.56 Å². The van der Waals surface area contributed by atoms with Crippen LogP contribution in [0.3, 0.4) is 0 Å². The number of likely N-dealkylation sites (tertiary alicyclic amines) is 1. The first-order valence-electron chi connectivity index (χ1n) is 8.42. The number of likely N-dealkylation sites (N-methyl/N-ethyl adjacent to an activating group) is 1. The molecule has 1 fully saturated rings. The summed E-state index contributed by atoms with van der Waals surface area (Å²) in [5.41, 5.74) is 0.819. The molecule has 0 radical (unpaired) electrons. The second-order valence-corrected chi connectivity index (χ2v) is 6.14. The summed E-state index contributed by atoms with van der Waals surface area (Å²) < 4.78 is 5.59. The Kier molecular flexibility index (Phi) is 6.38. The zero-order valence-corrected chi connectivity index (χ0v) is 14.9. The molecule has 2 rings (SSSR count). The summed E-state index contributed by atoms with van der Waals surface area (Å²) in [6.07, 6.45) is 0.913. The van der Waals surface area contributed by atoms with Gasteiger partial charge in [-0.1, -0.05) is 25.1 Å². The largest absolute Gasteiger partial charge is 0.483 e. The van der Waals surface area contributed by atoms with Gasteiger partial charge in [-0.2, -0.15) is 0 Å². The maximum absolute atomic E-state index is 12.5. The van der Waals surface area contributed by atoms with Crippen LogP contribution in [0, 0.1) is 5.92 Å². The summed E-state index contributed by atoms with van der Waals surface area (Å²) in [4.78, 5) is 37.1. The summed E-state index contributed by atoms with van der Waals surface area (Å²) in [5.74, 6) is -0.129. The number of carbonyl (C=O) groups is 3. The van der Waals surface area contributed by atoms with Crippen LogP contribution in [0.2, 0.25) is 0 Å². The molecule has 7 heteroatoms. The quantitative estimate of drug-likeness (QED) is 0.766. The van der Waals surface area contributed by atoms with Gasteiger partial charge in [-0.05, 0) is 12.5 Å². The number of carbonyl (C=O) groups excluding carboxylic acids is 3. The number of para-hydroxylation sites is 1. The fourth-order valence-electron chi connectivity index (χ4n) is 2.84.